The van der Waals surface area contributed by atoms with Crippen molar-refractivity contribution in [1.29, 1.82) is 0 Å². The van der Waals surface area contributed by atoms with Gasteiger partial charge in [-0.15, -0.1) is 0 Å². The molecule has 0 saturated carbocycles. The van der Waals surface area contributed by atoms with E-state index in [1.54, 1.807) is 9.80 Å². The Morgan fingerprint density at radius 2 is 1.59 bits per heavy atom. The molecule has 1 unspecified atom stereocenters. The molecule has 9 heteroatoms. The number of carbonyl (C=O) groups is 4. The third kappa shape index (κ3) is 6.82. The van der Waals surface area contributed by atoms with Crippen molar-refractivity contribution in [2.75, 3.05) is 13.1 Å². The molecule has 0 aromatic heterocycles. The zero-order valence-corrected chi connectivity index (χ0v) is 16.2. The molecule has 2 fully saturated rings. The average Bonchev–Trinajstić information content (AvgIpc) is 3.23. The summed E-state index contributed by atoms with van der Waals surface area (Å²) < 4.78 is 0. The van der Waals surface area contributed by atoms with Crippen LogP contribution in [0.2, 0.25) is 0 Å². The van der Waals surface area contributed by atoms with E-state index in [0.29, 0.717) is 32.4 Å². The van der Waals surface area contributed by atoms with Crippen LogP contribution in [0.3, 0.4) is 0 Å². The molecule has 2 saturated heterocycles. The van der Waals surface area contributed by atoms with Gasteiger partial charge in [-0.3, -0.25) is 19.2 Å². The fraction of sp³-hybridized carbons (Fsp3) is 0.778. The maximum atomic E-state index is 12.6. The van der Waals surface area contributed by atoms with Gasteiger partial charge in [0.15, 0.2) is 0 Å². The minimum atomic E-state index is -0.600. The Bertz CT molecular complexity index is 552. The highest BCUT2D eigenvalue weighted by atomic mass is 16.3. The summed E-state index contributed by atoms with van der Waals surface area (Å²) in [5.74, 6) is -0.971. The van der Waals surface area contributed by atoms with Gasteiger partial charge in [0.2, 0.25) is 23.6 Å². The molecule has 9 nitrogen and oxygen atoms in total. The van der Waals surface area contributed by atoms with Gasteiger partial charge in [0.25, 0.3) is 0 Å². The van der Waals surface area contributed by atoms with Crippen molar-refractivity contribution in [3.8, 4) is 0 Å². The zero-order chi connectivity index (χ0) is 20.6. The van der Waals surface area contributed by atoms with E-state index in [4.69, 9.17) is 16.6 Å². The van der Waals surface area contributed by atoms with Crippen LogP contribution in [0.25, 0.3) is 0 Å². The van der Waals surface area contributed by atoms with Crippen LogP contribution in [0.4, 0.5) is 0 Å². The summed E-state index contributed by atoms with van der Waals surface area (Å²) in [5, 5.41) is 8.42. The lowest BCUT2D eigenvalue weighted by molar-refractivity contribution is -0.146. The van der Waals surface area contributed by atoms with Crippen LogP contribution >= 0.6 is 0 Å². The second-order valence-corrected chi connectivity index (χ2v) is 7.11. The summed E-state index contributed by atoms with van der Waals surface area (Å²) in [6.07, 6.45) is 3.69. The van der Waals surface area contributed by atoms with E-state index in [9.17, 15) is 19.2 Å². The van der Waals surface area contributed by atoms with Gasteiger partial charge < -0.3 is 26.4 Å². The van der Waals surface area contributed by atoms with Crippen LogP contribution in [0.15, 0.2) is 0 Å². The number of amides is 4. The highest BCUT2D eigenvalue weighted by molar-refractivity contribution is 5.92. The van der Waals surface area contributed by atoms with Gasteiger partial charge in [0, 0.05) is 19.5 Å². The van der Waals surface area contributed by atoms with Crippen LogP contribution in [-0.2, 0) is 19.2 Å². The molecule has 0 aromatic rings. The normalized spacial score (nSPS) is 22.8. The van der Waals surface area contributed by atoms with Crippen LogP contribution in [0.5, 0.6) is 0 Å². The van der Waals surface area contributed by atoms with Gasteiger partial charge in [-0.25, -0.2) is 0 Å². The van der Waals surface area contributed by atoms with E-state index >= 15 is 0 Å². The third-order valence-electron chi connectivity index (χ3n) is 4.68. The minimum Gasteiger partial charge on any atom is -0.393 e. The number of likely N-dealkylation sites (tertiary alicyclic amines) is 2. The first-order chi connectivity index (χ1) is 12.7. The molecule has 0 radical (unpaired) electrons. The molecule has 2 aliphatic heterocycles. The molecular formula is C18H32N4O5. The standard InChI is InChI=1S/C14H23N3O3.C4H9NO2/c1-2-5-12(18)16-8-4-7-11(16)14(20)17-9-3-6-10(17)13(15)19;1-3(6)2-4(5)7/h10-11H,2-9H2,1H3,(H2,15,19);3,6H,2H2,1H3,(H2,5,7)/t10-,11?;3-/m11/s1. The smallest absolute Gasteiger partial charge is 0.246 e. The van der Waals surface area contributed by atoms with E-state index in [0.717, 1.165) is 19.3 Å². The predicted octanol–water partition coefficient (Wildman–Crippen LogP) is -0.504. The van der Waals surface area contributed by atoms with Crippen molar-refractivity contribution in [3.05, 3.63) is 0 Å². The Labute approximate surface area is 160 Å². The van der Waals surface area contributed by atoms with Crippen LogP contribution in [0.1, 0.15) is 58.8 Å². The number of primary amides is 2. The summed E-state index contributed by atoms with van der Waals surface area (Å²) in [6, 6.07) is -0.889. The Morgan fingerprint density at radius 1 is 1.04 bits per heavy atom. The number of nitrogens with zero attached hydrogens (tertiary/aromatic N) is 2. The van der Waals surface area contributed by atoms with Gasteiger partial charge >= 0.3 is 0 Å². The van der Waals surface area contributed by atoms with Gasteiger partial charge in [0.05, 0.1) is 12.5 Å². The van der Waals surface area contributed by atoms with E-state index in [1.165, 1.54) is 6.92 Å². The van der Waals surface area contributed by atoms with Gasteiger partial charge in [-0.1, -0.05) is 6.92 Å². The number of carbonyl (C=O) groups excluding carboxylic acids is 4. The summed E-state index contributed by atoms with van der Waals surface area (Å²) in [6.45, 7) is 4.68. The maximum Gasteiger partial charge on any atom is 0.246 e. The number of hydrogen-bond donors (Lipinski definition) is 3. The summed E-state index contributed by atoms with van der Waals surface area (Å²) in [7, 11) is 0. The quantitative estimate of drug-likeness (QED) is 0.564. The van der Waals surface area contributed by atoms with Gasteiger partial charge in [0.1, 0.15) is 12.1 Å². The highest BCUT2D eigenvalue weighted by Gasteiger charge is 2.41. The van der Waals surface area contributed by atoms with Crippen molar-refractivity contribution in [1.82, 2.24) is 9.80 Å². The number of aliphatic hydroxyl groups is 1. The number of hydrogen-bond acceptors (Lipinski definition) is 5. The molecule has 0 spiro atoms. The predicted molar refractivity (Wildman–Crippen MR) is 99.1 cm³/mol. The lowest BCUT2D eigenvalue weighted by atomic mass is 10.1. The third-order valence-corrected chi connectivity index (χ3v) is 4.68. The Balaban J connectivity index is 0.000000445. The first-order valence-corrected chi connectivity index (χ1v) is 9.54. The molecule has 0 aromatic carbocycles. The Kier molecular flexibility index (Phi) is 9.20. The monoisotopic (exact) mass is 384 g/mol. The molecule has 154 valence electrons. The molecule has 0 bridgehead atoms. The molecule has 5 N–H and O–H groups in total. The van der Waals surface area contributed by atoms with Crippen LogP contribution in [-0.4, -0.2) is 69.8 Å². The van der Waals surface area contributed by atoms with Crippen molar-refractivity contribution < 1.29 is 24.3 Å². The van der Waals surface area contributed by atoms with E-state index in [2.05, 4.69) is 0 Å². The van der Waals surface area contributed by atoms with Crippen molar-refractivity contribution in [2.24, 2.45) is 11.5 Å². The second-order valence-electron chi connectivity index (χ2n) is 7.11. The first kappa shape index (κ1) is 22.9. The fourth-order valence-electron chi connectivity index (χ4n) is 3.49. The fourth-order valence-corrected chi connectivity index (χ4v) is 3.49. The largest absolute Gasteiger partial charge is 0.393 e. The van der Waals surface area contributed by atoms with Crippen LogP contribution in [0, 0.1) is 0 Å². The molecule has 3 atom stereocenters. The lowest BCUT2D eigenvalue weighted by Gasteiger charge is -2.30. The maximum absolute atomic E-state index is 12.6. The van der Waals surface area contributed by atoms with Crippen molar-refractivity contribution in [3.63, 3.8) is 0 Å². The van der Waals surface area contributed by atoms with E-state index in [-0.39, 0.29) is 18.2 Å². The number of nitrogens with two attached hydrogens (primary N) is 2. The first-order valence-electron chi connectivity index (χ1n) is 9.54. The summed E-state index contributed by atoms with van der Waals surface area (Å²) >= 11 is 0. The minimum absolute atomic E-state index is 0.0400. The average molecular weight is 384 g/mol. The Morgan fingerprint density at radius 3 is 2.04 bits per heavy atom. The lowest BCUT2D eigenvalue weighted by Crippen LogP contribution is -2.52. The Hall–Kier alpha value is -2.16. The van der Waals surface area contributed by atoms with Crippen molar-refractivity contribution in [2.45, 2.75) is 77.0 Å². The molecule has 2 heterocycles. The van der Waals surface area contributed by atoms with Crippen LogP contribution < -0.4 is 11.5 Å². The second kappa shape index (κ2) is 10.9. The molecule has 0 aliphatic carbocycles. The number of aliphatic hydroxyl groups excluding tert-OH is 1. The topological polar surface area (TPSA) is 147 Å². The van der Waals surface area contributed by atoms with E-state index in [1.807, 2.05) is 6.92 Å². The van der Waals surface area contributed by atoms with Gasteiger partial charge in [-0.05, 0) is 39.0 Å². The summed E-state index contributed by atoms with van der Waals surface area (Å²) in [4.78, 5) is 49.2. The molecular weight excluding hydrogens is 352 g/mol. The molecule has 2 rings (SSSR count). The molecule has 27 heavy (non-hydrogen) atoms. The SMILES string of the molecule is CCCC(=O)N1CCCC1C(=O)N1CCC[C@@H]1C(N)=O.C[C@@H](O)CC(N)=O. The van der Waals surface area contributed by atoms with E-state index < -0.39 is 30.0 Å². The molecule has 2 aliphatic rings. The van der Waals surface area contributed by atoms with Crippen molar-refractivity contribution >= 4 is 23.6 Å². The highest BCUT2D eigenvalue weighted by Crippen LogP contribution is 2.25. The molecule has 4 amide bonds. The zero-order valence-electron chi connectivity index (χ0n) is 16.2. The summed E-state index contributed by atoms with van der Waals surface area (Å²) in [5.41, 5.74) is 10.0. The van der Waals surface area contributed by atoms with Gasteiger partial charge in [-0.2, -0.15) is 0 Å². The number of rotatable bonds is 6.